The molecule has 0 aliphatic rings. The second-order valence-electron chi connectivity index (χ2n) is 6.48. The van der Waals surface area contributed by atoms with Crippen LogP contribution in [0.15, 0.2) is 35.0 Å². The molecule has 0 fully saturated rings. The zero-order valence-electron chi connectivity index (χ0n) is 13.6. The lowest BCUT2D eigenvalue weighted by Crippen LogP contribution is -2.35. The number of rotatable bonds is 5. The smallest absolute Gasteiger partial charge is 0.123 e. The van der Waals surface area contributed by atoms with Gasteiger partial charge in [-0.3, -0.25) is 4.98 Å². The van der Waals surface area contributed by atoms with Gasteiger partial charge in [0.25, 0.3) is 0 Å². The topological polar surface area (TPSA) is 41.3 Å². The monoisotopic (exact) mass is 287 g/mol. The minimum absolute atomic E-state index is 0.0945. The highest BCUT2D eigenvalue weighted by Crippen LogP contribution is 2.21. The number of anilines is 1. The van der Waals surface area contributed by atoms with E-state index in [1.54, 1.807) is 0 Å². The van der Waals surface area contributed by atoms with Crippen LogP contribution in [0.4, 0.5) is 5.69 Å². The Morgan fingerprint density at radius 1 is 1.24 bits per heavy atom. The average molecular weight is 287 g/mol. The number of pyridine rings is 1. The molecule has 1 N–H and O–H groups in total. The maximum atomic E-state index is 5.65. The fraction of sp³-hybridized carbons (Fsp3) is 0.471. The standard InChI is InChI=1S/C17H25N3O/c1-13-6-7-15(21-13)12-20(5)16-11-18-9-8-14(16)10-19-17(2,3)4/h6-9,11,19H,10,12H2,1-5H3. The SMILES string of the molecule is Cc1ccc(CN(C)c2cnccc2CNC(C)(C)C)o1. The molecule has 2 rings (SSSR count). The third-order valence-electron chi connectivity index (χ3n) is 3.30. The second-order valence-corrected chi connectivity index (χ2v) is 6.48. The van der Waals surface area contributed by atoms with Gasteiger partial charge in [0, 0.05) is 25.3 Å². The van der Waals surface area contributed by atoms with Gasteiger partial charge in [0.1, 0.15) is 11.5 Å². The Kier molecular flexibility index (Phi) is 4.68. The van der Waals surface area contributed by atoms with E-state index in [9.17, 15) is 0 Å². The van der Waals surface area contributed by atoms with E-state index in [0.29, 0.717) is 0 Å². The van der Waals surface area contributed by atoms with Crippen LogP contribution in [0.5, 0.6) is 0 Å². The van der Waals surface area contributed by atoms with Crippen LogP contribution in [0.1, 0.15) is 37.9 Å². The number of hydrogen-bond acceptors (Lipinski definition) is 4. The summed E-state index contributed by atoms with van der Waals surface area (Å²) in [6, 6.07) is 6.09. The summed E-state index contributed by atoms with van der Waals surface area (Å²) in [5.41, 5.74) is 2.46. The van der Waals surface area contributed by atoms with E-state index in [2.05, 4.69) is 49.1 Å². The first-order valence-electron chi connectivity index (χ1n) is 7.29. The molecule has 2 aromatic rings. The van der Waals surface area contributed by atoms with Crippen LogP contribution < -0.4 is 10.2 Å². The van der Waals surface area contributed by atoms with E-state index >= 15 is 0 Å². The summed E-state index contributed by atoms with van der Waals surface area (Å²) < 4.78 is 5.65. The number of aryl methyl sites for hydroxylation is 1. The molecule has 114 valence electrons. The summed E-state index contributed by atoms with van der Waals surface area (Å²) in [5.74, 6) is 1.91. The summed E-state index contributed by atoms with van der Waals surface area (Å²) in [6.45, 7) is 10.0. The highest BCUT2D eigenvalue weighted by Gasteiger charge is 2.13. The average Bonchev–Trinajstić information content (AvgIpc) is 2.81. The minimum Gasteiger partial charge on any atom is -0.464 e. The van der Waals surface area contributed by atoms with E-state index in [0.717, 1.165) is 30.3 Å². The third kappa shape index (κ3) is 4.60. The molecule has 0 atom stereocenters. The fourth-order valence-electron chi connectivity index (χ4n) is 2.16. The molecule has 0 aromatic carbocycles. The van der Waals surface area contributed by atoms with Crippen molar-refractivity contribution in [2.45, 2.75) is 46.3 Å². The Morgan fingerprint density at radius 3 is 2.62 bits per heavy atom. The maximum absolute atomic E-state index is 5.65. The molecule has 0 saturated carbocycles. The van der Waals surface area contributed by atoms with Gasteiger partial charge in [-0.15, -0.1) is 0 Å². The molecule has 0 saturated heterocycles. The number of nitrogens with zero attached hydrogens (tertiary/aromatic N) is 2. The first kappa shape index (κ1) is 15.6. The molecule has 0 amide bonds. The van der Waals surface area contributed by atoms with Crippen LogP contribution in [0.2, 0.25) is 0 Å². The minimum atomic E-state index is 0.0945. The Morgan fingerprint density at radius 2 is 2.00 bits per heavy atom. The Bertz CT molecular complexity index is 584. The van der Waals surface area contributed by atoms with Gasteiger partial charge in [0.05, 0.1) is 18.4 Å². The van der Waals surface area contributed by atoms with Gasteiger partial charge in [-0.05, 0) is 51.5 Å². The summed E-state index contributed by atoms with van der Waals surface area (Å²) in [6.07, 6.45) is 3.75. The van der Waals surface area contributed by atoms with Crippen molar-refractivity contribution >= 4 is 5.69 Å². The van der Waals surface area contributed by atoms with E-state index in [1.807, 2.05) is 31.5 Å². The molecule has 0 spiro atoms. The largest absolute Gasteiger partial charge is 0.464 e. The van der Waals surface area contributed by atoms with E-state index < -0.39 is 0 Å². The van der Waals surface area contributed by atoms with Gasteiger partial charge in [0.2, 0.25) is 0 Å². The molecule has 21 heavy (non-hydrogen) atoms. The normalized spacial score (nSPS) is 11.7. The zero-order valence-corrected chi connectivity index (χ0v) is 13.6. The molecule has 4 nitrogen and oxygen atoms in total. The Labute approximate surface area is 127 Å². The van der Waals surface area contributed by atoms with Crippen molar-refractivity contribution in [1.82, 2.24) is 10.3 Å². The van der Waals surface area contributed by atoms with Crippen LogP contribution in [0.3, 0.4) is 0 Å². The van der Waals surface area contributed by atoms with Gasteiger partial charge in [0.15, 0.2) is 0 Å². The molecule has 0 aliphatic carbocycles. The van der Waals surface area contributed by atoms with Gasteiger partial charge < -0.3 is 14.6 Å². The van der Waals surface area contributed by atoms with Gasteiger partial charge in [-0.25, -0.2) is 0 Å². The molecule has 2 heterocycles. The first-order valence-corrected chi connectivity index (χ1v) is 7.29. The van der Waals surface area contributed by atoms with Crippen molar-refractivity contribution in [2.75, 3.05) is 11.9 Å². The van der Waals surface area contributed by atoms with Gasteiger partial charge >= 0.3 is 0 Å². The fourth-order valence-corrected chi connectivity index (χ4v) is 2.16. The van der Waals surface area contributed by atoms with E-state index in [-0.39, 0.29) is 5.54 Å². The van der Waals surface area contributed by atoms with Crippen LogP contribution in [0, 0.1) is 6.92 Å². The highest BCUT2D eigenvalue weighted by atomic mass is 16.3. The van der Waals surface area contributed by atoms with Crippen LogP contribution in [0.25, 0.3) is 0 Å². The summed E-state index contributed by atoms with van der Waals surface area (Å²) >= 11 is 0. The van der Waals surface area contributed by atoms with Crippen molar-refractivity contribution in [3.05, 3.63) is 47.7 Å². The second kappa shape index (κ2) is 6.31. The van der Waals surface area contributed by atoms with E-state index in [4.69, 9.17) is 4.42 Å². The van der Waals surface area contributed by atoms with Crippen molar-refractivity contribution in [3.8, 4) is 0 Å². The Hall–Kier alpha value is -1.81. The predicted molar refractivity (Wildman–Crippen MR) is 86.4 cm³/mol. The summed E-state index contributed by atoms with van der Waals surface area (Å²) in [4.78, 5) is 6.43. The van der Waals surface area contributed by atoms with Crippen molar-refractivity contribution in [1.29, 1.82) is 0 Å². The molecular formula is C17H25N3O. The predicted octanol–water partition coefficient (Wildman–Crippen LogP) is 3.51. The number of aromatic nitrogens is 1. The first-order chi connectivity index (χ1) is 9.85. The quantitative estimate of drug-likeness (QED) is 0.913. The molecule has 0 aliphatic heterocycles. The Balaban J connectivity index is 2.11. The molecule has 0 unspecified atom stereocenters. The van der Waals surface area contributed by atoms with E-state index in [1.165, 1.54) is 5.56 Å². The molecule has 4 heteroatoms. The molecular weight excluding hydrogens is 262 g/mol. The van der Waals surface area contributed by atoms with Crippen molar-refractivity contribution in [2.24, 2.45) is 0 Å². The lowest BCUT2D eigenvalue weighted by Gasteiger charge is -2.24. The van der Waals surface area contributed by atoms with Gasteiger partial charge in [-0.1, -0.05) is 0 Å². The zero-order chi connectivity index (χ0) is 15.5. The van der Waals surface area contributed by atoms with Crippen molar-refractivity contribution in [3.63, 3.8) is 0 Å². The lowest BCUT2D eigenvalue weighted by molar-refractivity contribution is 0.424. The van der Waals surface area contributed by atoms with Crippen LogP contribution >= 0.6 is 0 Å². The highest BCUT2D eigenvalue weighted by molar-refractivity contribution is 5.51. The number of furan rings is 1. The molecule has 0 radical (unpaired) electrons. The summed E-state index contributed by atoms with van der Waals surface area (Å²) in [7, 11) is 2.06. The van der Waals surface area contributed by atoms with Gasteiger partial charge in [-0.2, -0.15) is 0 Å². The molecule has 0 bridgehead atoms. The number of hydrogen-bond donors (Lipinski definition) is 1. The van der Waals surface area contributed by atoms with Crippen LogP contribution in [-0.4, -0.2) is 17.6 Å². The maximum Gasteiger partial charge on any atom is 0.123 e. The third-order valence-corrected chi connectivity index (χ3v) is 3.30. The summed E-state index contributed by atoms with van der Waals surface area (Å²) in [5, 5.41) is 3.52. The molecule has 2 aromatic heterocycles. The van der Waals surface area contributed by atoms with Crippen LogP contribution in [-0.2, 0) is 13.1 Å². The lowest BCUT2D eigenvalue weighted by atomic mass is 10.1. The van der Waals surface area contributed by atoms with Crippen molar-refractivity contribution < 1.29 is 4.42 Å². The number of nitrogens with one attached hydrogen (secondary N) is 1.